The van der Waals surface area contributed by atoms with E-state index in [1.807, 2.05) is 20.8 Å². The summed E-state index contributed by atoms with van der Waals surface area (Å²) in [5, 5.41) is 6.99. The minimum atomic E-state index is 0.0401. The molecule has 7 nitrogen and oxygen atoms in total. The maximum atomic E-state index is 12.0. The second kappa shape index (κ2) is 6.81. The van der Waals surface area contributed by atoms with Crippen molar-refractivity contribution in [1.29, 1.82) is 0 Å². The van der Waals surface area contributed by atoms with Crippen LogP contribution in [-0.4, -0.2) is 64.0 Å². The van der Waals surface area contributed by atoms with Gasteiger partial charge in [-0.2, -0.15) is 5.10 Å². The van der Waals surface area contributed by atoms with Crippen molar-refractivity contribution in [3.63, 3.8) is 0 Å². The van der Waals surface area contributed by atoms with Crippen LogP contribution in [0.25, 0.3) is 0 Å². The standard InChI is InChI=1S/C13H23N5O2/c1-10(18-9-14-8-16-18)4-15-13(19)7-17-5-11(2)20-12(3)6-17/h8-12H,4-7H2,1-3H3,(H,15,19). The molecule has 1 saturated heterocycles. The Kier molecular flexibility index (Phi) is 5.08. The van der Waals surface area contributed by atoms with Gasteiger partial charge in [-0.3, -0.25) is 9.69 Å². The molecule has 0 radical (unpaired) electrons. The first-order chi connectivity index (χ1) is 9.54. The first kappa shape index (κ1) is 14.9. The highest BCUT2D eigenvalue weighted by molar-refractivity contribution is 5.78. The molecule has 1 fully saturated rings. The van der Waals surface area contributed by atoms with Crippen LogP contribution in [0.2, 0.25) is 0 Å². The predicted octanol–water partition coefficient (Wildman–Crippen LogP) is 0.0645. The molecular weight excluding hydrogens is 258 g/mol. The Morgan fingerprint density at radius 2 is 2.15 bits per heavy atom. The topological polar surface area (TPSA) is 72.3 Å². The summed E-state index contributed by atoms with van der Waals surface area (Å²) in [5.41, 5.74) is 0. The van der Waals surface area contributed by atoms with Crippen LogP contribution in [0.1, 0.15) is 26.8 Å². The summed E-state index contributed by atoms with van der Waals surface area (Å²) in [7, 11) is 0. The van der Waals surface area contributed by atoms with Gasteiger partial charge in [-0.05, 0) is 20.8 Å². The highest BCUT2D eigenvalue weighted by Crippen LogP contribution is 2.09. The highest BCUT2D eigenvalue weighted by Gasteiger charge is 2.23. The van der Waals surface area contributed by atoms with E-state index in [0.717, 1.165) is 13.1 Å². The second-order valence-electron chi connectivity index (χ2n) is 5.48. The fourth-order valence-electron chi connectivity index (χ4n) is 2.47. The van der Waals surface area contributed by atoms with E-state index in [2.05, 4.69) is 20.3 Å². The zero-order valence-corrected chi connectivity index (χ0v) is 12.3. The van der Waals surface area contributed by atoms with E-state index in [4.69, 9.17) is 4.74 Å². The van der Waals surface area contributed by atoms with Crippen LogP contribution in [0.5, 0.6) is 0 Å². The average Bonchev–Trinajstić information content (AvgIpc) is 2.88. The van der Waals surface area contributed by atoms with Gasteiger partial charge in [0.25, 0.3) is 0 Å². The number of hydrogen-bond acceptors (Lipinski definition) is 5. The average molecular weight is 281 g/mol. The third-order valence-electron chi connectivity index (χ3n) is 3.35. The minimum absolute atomic E-state index is 0.0401. The monoisotopic (exact) mass is 281 g/mol. The molecule has 1 aromatic rings. The summed E-state index contributed by atoms with van der Waals surface area (Å²) >= 11 is 0. The molecule has 0 spiro atoms. The van der Waals surface area contributed by atoms with E-state index in [0.29, 0.717) is 13.1 Å². The van der Waals surface area contributed by atoms with Gasteiger partial charge in [0.1, 0.15) is 12.7 Å². The molecular formula is C13H23N5O2. The van der Waals surface area contributed by atoms with E-state index in [9.17, 15) is 4.79 Å². The summed E-state index contributed by atoms with van der Waals surface area (Å²) in [4.78, 5) is 18.0. The van der Waals surface area contributed by atoms with Crippen LogP contribution in [0, 0.1) is 0 Å². The van der Waals surface area contributed by atoms with Crippen molar-refractivity contribution in [3.8, 4) is 0 Å². The number of ether oxygens (including phenoxy) is 1. The molecule has 0 bridgehead atoms. The van der Waals surface area contributed by atoms with E-state index < -0.39 is 0 Å². The van der Waals surface area contributed by atoms with Crippen molar-refractivity contribution in [2.75, 3.05) is 26.2 Å². The molecule has 112 valence electrons. The fourth-order valence-corrected chi connectivity index (χ4v) is 2.47. The van der Waals surface area contributed by atoms with Crippen LogP contribution < -0.4 is 5.32 Å². The van der Waals surface area contributed by atoms with Gasteiger partial charge < -0.3 is 10.1 Å². The maximum absolute atomic E-state index is 12.0. The lowest BCUT2D eigenvalue weighted by Gasteiger charge is -2.34. The Balaban J connectivity index is 1.72. The third-order valence-corrected chi connectivity index (χ3v) is 3.35. The van der Waals surface area contributed by atoms with Crippen LogP contribution >= 0.6 is 0 Å². The van der Waals surface area contributed by atoms with Gasteiger partial charge in [0.2, 0.25) is 5.91 Å². The molecule has 0 aromatic carbocycles. The SMILES string of the molecule is CC1CN(CC(=O)NCC(C)n2cncn2)CC(C)O1. The zero-order valence-electron chi connectivity index (χ0n) is 12.3. The molecule has 1 aromatic heterocycles. The molecule has 1 aliphatic heterocycles. The van der Waals surface area contributed by atoms with Crippen molar-refractivity contribution in [1.82, 2.24) is 25.0 Å². The highest BCUT2D eigenvalue weighted by atomic mass is 16.5. The summed E-state index contributed by atoms with van der Waals surface area (Å²) in [5.74, 6) is 0.0401. The molecule has 3 unspecified atom stereocenters. The van der Waals surface area contributed by atoms with Crippen molar-refractivity contribution < 1.29 is 9.53 Å². The molecule has 1 aliphatic rings. The van der Waals surface area contributed by atoms with Crippen molar-refractivity contribution in [2.24, 2.45) is 0 Å². The van der Waals surface area contributed by atoms with Crippen LogP contribution in [-0.2, 0) is 9.53 Å². The molecule has 2 heterocycles. The Morgan fingerprint density at radius 3 is 2.75 bits per heavy atom. The van der Waals surface area contributed by atoms with Crippen molar-refractivity contribution >= 4 is 5.91 Å². The molecule has 0 saturated carbocycles. The van der Waals surface area contributed by atoms with Crippen molar-refractivity contribution in [2.45, 2.75) is 39.0 Å². The lowest BCUT2D eigenvalue weighted by Crippen LogP contribution is -2.49. The lowest BCUT2D eigenvalue weighted by atomic mass is 10.2. The number of carbonyl (C=O) groups excluding carboxylic acids is 1. The Labute approximate surface area is 119 Å². The maximum Gasteiger partial charge on any atom is 0.234 e. The van der Waals surface area contributed by atoms with E-state index in [1.54, 1.807) is 11.0 Å². The number of carbonyl (C=O) groups is 1. The van der Waals surface area contributed by atoms with Gasteiger partial charge in [0, 0.05) is 19.6 Å². The molecule has 3 atom stereocenters. The Hall–Kier alpha value is -1.47. The van der Waals surface area contributed by atoms with Gasteiger partial charge in [-0.15, -0.1) is 0 Å². The minimum Gasteiger partial charge on any atom is -0.373 e. The number of amides is 1. The quantitative estimate of drug-likeness (QED) is 0.826. The van der Waals surface area contributed by atoms with Gasteiger partial charge in [-0.25, -0.2) is 9.67 Å². The van der Waals surface area contributed by atoms with E-state index in [1.165, 1.54) is 6.33 Å². The summed E-state index contributed by atoms with van der Waals surface area (Å²) in [6.07, 6.45) is 3.51. The molecule has 1 amide bonds. The molecule has 7 heteroatoms. The normalized spacial score (nSPS) is 25.4. The smallest absolute Gasteiger partial charge is 0.234 e. The number of hydrogen-bond donors (Lipinski definition) is 1. The molecule has 1 N–H and O–H groups in total. The molecule has 2 rings (SSSR count). The fraction of sp³-hybridized carbons (Fsp3) is 0.769. The number of nitrogens with zero attached hydrogens (tertiary/aromatic N) is 4. The van der Waals surface area contributed by atoms with Crippen LogP contribution in [0.15, 0.2) is 12.7 Å². The number of nitrogens with one attached hydrogen (secondary N) is 1. The van der Waals surface area contributed by atoms with Crippen LogP contribution in [0.3, 0.4) is 0 Å². The largest absolute Gasteiger partial charge is 0.373 e. The lowest BCUT2D eigenvalue weighted by molar-refractivity contribution is -0.126. The number of aromatic nitrogens is 3. The molecule has 20 heavy (non-hydrogen) atoms. The number of rotatable bonds is 5. The summed E-state index contributed by atoms with van der Waals surface area (Å²) < 4.78 is 7.39. The summed E-state index contributed by atoms with van der Waals surface area (Å²) in [6, 6.07) is 0.101. The summed E-state index contributed by atoms with van der Waals surface area (Å²) in [6.45, 7) is 8.64. The van der Waals surface area contributed by atoms with Crippen LogP contribution in [0.4, 0.5) is 0 Å². The van der Waals surface area contributed by atoms with Crippen molar-refractivity contribution in [3.05, 3.63) is 12.7 Å². The Bertz CT molecular complexity index is 412. The van der Waals surface area contributed by atoms with E-state index in [-0.39, 0.29) is 24.2 Å². The van der Waals surface area contributed by atoms with Gasteiger partial charge in [-0.1, -0.05) is 0 Å². The van der Waals surface area contributed by atoms with E-state index >= 15 is 0 Å². The second-order valence-corrected chi connectivity index (χ2v) is 5.48. The number of morpholine rings is 1. The first-order valence-corrected chi connectivity index (χ1v) is 7.03. The van der Waals surface area contributed by atoms with Gasteiger partial charge in [0.05, 0.1) is 24.8 Å². The van der Waals surface area contributed by atoms with Gasteiger partial charge >= 0.3 is 0 Å². The Morgan fingerprint density at radius 1 is 1.45 bits per heavy atom. The van der Waals surface area contributed by atoms with Gasteiger partial charge in [0.15, 0.2) is 0 Å². The third kappa shape index (κ3) is 4.28. The molecule has 0 aliphatic carbocycles. The zero-order chi connectivity index (χ0) is 14.5. The predicted molar refractivity (Wildman–Crippen MR) is 74.2 cm³/mol. The first-order valence-electron chi connectivity index (χ1n) is 7.03.